The zero-order valence-corrected chi connectivity index (χ0v) is 14.1. The summed E-state index contributed by atoms with van der Waals surface area (Å²) < 4.78 is 5.16. The van der Waals surface area contributed by atoms with Gasteiger partial charge in [-0.2, -0.15) is 0 Å². The van der Waals surface area contributed by atoms with Crippen molar-refractivity contribution in [3.63, 3.8) is 0 Å². The quantitative estimate of drug-likeness (QED) is 0.819. The number of hydrogen-bond acceptors (Lipinski definition) is 4. The van der Waals surface area contributed by atoms with Crippen LogP contribution in [0.5, 0.6) is 5.75 Å². The lowest BCUT2D eigenvalue weighted by Gasteiger charge is -2.25. The van der Waals surface area contributed by atoms with Crippen LogP contribution in [0.15, 0.2) is 24.3 Å². The minimum atomic E-state index is -0.370. The van der Waals surface area contributed by atoms with E-state index in [1.54, 1.807) is 19.1 Å². The number of nitrogens with one attached hydrogen (secondary N) is 2. The molecular formula is C17H25N3O3. The number of nitrogens with zero attached hydrogens (tertiary/aromatic N) is 1. The molecule has 1 fully saturated rings. The summed E-state index contributed by atoms with van der Waals surface area (Å²) in [4.78, 5) is 26.3. The van der Waals surface area contributed by atoms with E-state index in [1.165, 1.54) is 0 Å². The Labute approximate surface area is 137 Å². The van der Waals surface area contributed by atoms with Gasteiger partial charge >= 0.3 is 0 Å². The number of hydrogen-bond donors (Lipinski definition) is 2. The van der Waals surface area contributed by atoms with Crippen LogP contribution in [0.25, 0.3) is 0 Å². The molecule has 0 aliphatic carbocycles. The Hall–Kier alpha value is -2.08. The molecule has 1 aliphatic rings. The first-order valence-electron chi connectivity index (χ1n) is 7.82. The van der Waals surface area contributed by atoms with Gasteiger partial charge in [0.15, 0.2) is 0 Å². The Morgan fingerprint density at radius 2 is 2.04 bits per heavy atom. The SMILES string of the molecule is CNC(C)CNC(=O)C1CC(=O)N(C)C1c1ccc(OC)cc1. The van der Waals surface area contributed by atoms with E-state index in [9.17, 15) is 9.59 Å². The Bertz CT molecular complexity index is 559. The first-order chi connectivity index (χ1) is 11.0. The lowest BCUT2D eigenvalue weighted by Crippen LogP contribution is -2.41. The fraction of sp³-hybridized carbons (Fsp3) is 0.529. The average Bonchev–Trinajstić information content (AvgIpc) is 2.87. The van der Waals surface area contributed by atoms with Gasteiger partial charge in [0.05, 0.1) is 19.1 Å². The fourth-order valence-corrected chi connectivity index (χ4v) is 2.85. The minimum absolute atomic E-state index is 0.00682. The molecule has 1 aromatic rings. The normalized spacial score (nSPS) is 22.1. The lowest BCUT2D eigenvalue weighted by atomic mass is 9.93. The third kappa shape index (κ3) is 3.82. The van der Waals surface area contributed by atoms with Gasteiger partial charge in [0.2, 0.25) is 11.8 Å². The number of carbonyl (C=O) groups excluding carboxylic acids is 2. The predicted octanol–water partition coefficient (Wildman–Crippen LogP) is 0.939. The highest BCUT2D eigenvalue weighted by Gasteiger charge is 2.42. The number of amides is 2. The summed E-state index contributed by atoms with van der Waals surface area (Å²) in [5.74, 6) is 0.299. The summed E-state index contributed by atoms with van der Waals surface area (Å²) in [6.07, 6.45) is 0.243. The molecule has 23 heavy (non-hydrogen) atoms. The highest BCUT2D eigenvalue weighted by Crippen LogP contribution is 2.37. The van der Waals surface area contributed by atoms with Crippen LogP contribution in [0.1, 0.15) is 24.9 Å². The summed E-state index contributed by atoms with van der Waals surface area (Å²) in [7, 11) is 5.21. The molecule has 0 saturated carbocycles. The molecule has 1 saturated heterocycles. The summed E-state index contributed by atoms with van der Waals surface area (Å²) >= 11 is 0. The van der Waals surface area contributed by atoms with Crippen molar-refractivity contribution in [2.24, 2.45) is 5.92 Å². The molecule has 6 heteroatoms. The maximum atomic E-state index is 12.5. The van der Waals surface area contributed by atoms with E-state index in [2.05, 4.69) is 10.6 Å². The zero-order valence-electron chi connectivity index (χ0n) is 14.1. The highest BCUT2D eigenvalue weighted by atomic mass is 16.5. The van der Waals surface area contributed by atoms with Gasteiger partial charge < -0.3 is 20.3 Å². The Kier molecular flexibility index (Phi) is 5.60. The first kappa shape index (κ1) is 17.3. The van der Waals surface area contributed by atoms with Gasteiger partial charge in [-0.3, -0.25) is 9.59 Å². The van der Waals surface area contributed by atoms with Crippen LogP contribution < -0.4 is 15.4 Å². The van der Waals surface area contributed by atoms with Gasteiger partial charge in [-0.1, -0.05) is 12.1 Å². The van der Waals surface area contributed by atoms with Gasteiger partial charge in [0, 0.05) is 26.1 Å². The fourth-order valence-electron chi connectivity index (χ4n) is 2.85. The summed E-state index contributed by atoms with van der Waals surface area (Å²) in [6, 6.07) is 7.48. The Morgan fingerprint density at radius 1 is 1.39 bits per heavy atom. The third-order valence-electron chi connectivity index (χ3n) is 4.46. The summed E-state index contributed by atoms with van der Waals surface area (Å²) in [6.45, 7) is 2.53. The van der Waals surface area contributed by atoms with Crippen molar-refractivity contribution in [2.45, 2.75) is 25.4 Å². The molecule has 3 atom stereocenters. The van der Waals surface area contributed by atoms with Crippen molar-refractivity contribution >= 4 is 11.8 Å². The van der Waals surface area contributed by atoms with Gasteiger partial charge in [0.25, 0.3) is 0 Å². The van der Waals surface area contributed by atoms with E-state index < -0.39 is 0 Å². The van der Waals surface area contributed by atoms with Crippen molar-refractivity contribution in [3.8, 4) is 5.75 Å². The lowest BCUT2D eigenvalue weighted by molar-refractivity contribution is -0.128. The van der Waals surface area contributed by atoms with Crippen LogP contribution in [0.4, 0.5) is 0 Å². The molecule has 6 nitrogen and oxygen atoms in total. The predicted molar refractivity (Wildman–Crippen MR) is 88.1 cm³/mol. The smallest absolute Gasteiger partial charge is 0.226 e. The molecule has 1 aliphatic heterocycles. The van der Waals surface area contributed by atoms with Crippen LogP contribution in [-0.4, -0.2) is 50.5 Å². The van der Waals surface area contributed by atoms with Gasteiger partial charge in [-0.25, -0.2) is 0 Å². The van der Waals surface area contributed by atoms with E-state index in [4.69, 9.17) is 4.74 Å². The molecule has 2 N–H and O–H groups in total. The van der Waals surface area contributed by atoms with Crippen molar-refractivity contribution in [1.29, 1.82) is 0 Å². The second kappa shape index (κ2) is 7.46. The second-order valence-electron chi connectivity index (χ2n) is 5.97. The molecule has 2 rings (SSSR count). The number of likely N-dealkylation sites (tertiary alicyclic amines) is 1. The largest absolute Gasteiger partial charge is 0.497 e. The highest BCUT2D eigenvalue weighted by molar-refractivity contribution is 5.90. The number of benzene rings is 1. The molecular weight excluding hydrogens is 294 g/mol. The van der Waals surface area contributed by atoms with Crippen molar-refractivity contribution < 1.29 is 14.3 Å². The topological polar surface area (TPSA) is 70.7 Å². The van der Waals surface area contributed by atoms with Crippen LogP contribution in [0.3, 0.4) is 0 Å². The number of methoxy groups -OCH3 is 1. The van der Waals surface area contributed by atoms with Crippen molar-refractivity contribution in [3.05, 3.63) is 29.8 Å². The van der Waals surface area contributed by atoms with Crippen molar-refractivity contribution in [2.75, 3.05) is 27.7 Å². The van der Waals surface area contributed by atoms with Gasteiger partial charge in [-0.15, -0.1) is 0 Å². The van der Waals surface area contributed by atoms with E-state index in [1.807, 2.05) is 38.2 Å². The standard InChI is InChI=1S/C17H25N3O3/c1-11(18-2)10-19-17(22)14-9-15(21)20(3)16(14)12-5-7-13(23-4)8-6-12/h5-8,11,14,16,18H,9-10H2,1-4H3,(H,19,22). The molecule has 2 amide bonds. The van der Waals surface area contributed by atoms with Gasteiger partial charge in [0.1, 0.15) is 5.75 Å². The summed E-state index contributed by atoms with van der Waals surface area (Å²) in [5.41, 5.74) is 0.945. The first-order valence-corrected chi connectivity index (χ1v) is 7.82. The average molecular weight is 319 g/mol. The van der Waals surface area contributed by atoms with Crippen molar-refractivity contribution in [1.82, 2.24) is 15.5 Å². The molecule has 0 bridgehead atoms. The minimum Gasteiger partial charge on any atom is -0.497 e. The Morgan fingerprint density at radius 3 is 2.61 bits per heavy atom. The summed E-state index contributed by atoms with van der Waals surface area (Å²) in [5, 5.41) is 6.01. The van der Waals surface area contributed by atoms with Crippen LogP contribution in [0.2, 0.25) is 0 Å². The number of ether oxygens (including phenoxy) is 1. The molecule has 1 heterocycles. The van der Waals surface area contributed by atoms with Crippen LogP contribution in [-0.2, 0) is 9.59 Å². The molecule has 0 spiro atoms. The second-order valence-corrected chi connectivity index (χ2v) is 5.97. The molecule has 0 aromatic heterocycles. The van der Waals surface area contributed by atoms with Crippen LogP contribution in [0, 0.1) is 5.92 Å². The van der Waals surface area contributed by atoms with E-state index >= 15 is 0 Å². The molecule has 126 valence electrons. The monoisotopic (exact) mass is 319 g/mol. The maximum absolute atomic E-state index is 12.5. The van der Waals surface area contributed by atoms with Crippen LogP contribution >= 0.6 is 0 Å². The van der Waals surface area contributed by atoms with Gasteiger partial charge in [-0.05, 0) is 31.7 Å². The number of rotatable bonds is 6. The van der Waals surface area contributed by atoms with E-state index in [0.29, 0.717) is 6.54 Å². The van der Waals surface area contributed by atoms with E-state index in [-0.39, 0.29) is 36.2 Å². The molecule has 3 unspecified atom stereocenters. The zero-order chi connectivity index (χ0) is 17.0. The molecule has 0 radical (unpaired) electrons. The maximum Gasteiger partial charge on any atom is 0.226 e. The third-order valence-corrected chi connectivity index (χ3v) is 4.46. The van der Waals surface area contributed by atoms with E-state index in [0.717, 1.165) is 11.3 Å². The number of carbonyl (C=O) groups is 2. The Balaban J connectivity index is 2.16. The number of likely N-dealkylation sites (N-methyl/N-ethyl adjacent to an activating group) is 1. The molecule has 1 aromatic carbocycles.